The molecule has 3 N–H and O–H groups in total. The minimum absolute atomic E-state index is 0.0733. The molecule has 1 heterocycles. The van der Waals surface area contributed by atoms with Crippen molar-refractivity contribution in [2.24, 2.45) is 0 Å². The summed E-state index contributed by atoms with van der Waals surface area (Å²) in [7, 11) is 0. The highest BCUT2D eigenvalue weighted by Gasteiger charge is 2.25. The SMILES string of the molecule is CC(=O)N[C@@H](CC(=O)N[C@@H](C[NH+]1CCOCC1)c1ccc(C)cc1)c1ccccc1. The molecule has 1 saturated heterocycles. The first-order valence-electron chi connectivity index (χ1n) is 10.6. The molecule has 0 aliphatic carbocycles. The summed E-state index contributed by atoms with van der Waals surface area (Å²) in [5.41, 5.74) is 3.22. The van der Waals surface area contributed by atoms with Crippen LogP contribution in [0.3, 0.4) is 0 Å². The maximum Gasteiger partial charge on any atom is 0.223 e. The first-order chi connectivity index (χ1) is 14.5. The number of carbonyl (C=O) groups is 2. The Labute approximate surface area is 178 Å². The molecule has 2 aromatic rings. The van der Waals surface area contributed by atoms with E-state index in [0.29, 0.717) is 0 Å². The van der Waals surface area contributed by atoms with Gasteiger partial charge in [0.2, 0.25) is 11.8 Å². The molecular weight excluding hydrogens is 378 g/mol. The van der Waals surface area contributed by atoms with E-state index in [1.54, 1.807) is 0 Å². The fraction of sp³-hybridized carbons (Fsp3) is 0.417. The second kappa shape index (κ2) is 10.9. The van der Waals surface area contributed by atoms with Crippen LogP contribution in [0, 0.1) is 6.92 Å². The summed E-state index contributed by atoms with van der Waals surface area (Å²) in [6.45, 7) is 7.74. The second-order valence-electron chi connectivity index (χ2n) is 7.97. The molecule has 0 aromatic heterocycles. The summed E-state index contributed by atoms with van der Waals surface area (Å²) >= 11 is 0. The third-order valence-corrected chi connectivity index (χ3v) is 5.48. The lowest BCUT2D eigenvalue weighted by molar-refractivity contribution is -0.909. The predicted molar refractivity (Wildman–Crippen MR) is 116 cm³/mol. The van der Waals surface area contributed by atoms with Crippen LogP contribution in [0.1, 0.15) is 42.1 Å². The average molecular weight is 411 g/mol. The van der Waals surface area contributed by atoms with Gasteiger partial charge < -0.3 is 20.3 Å². The van der Waals surface area contributed by atoms with E-state index < -0.39 is 0 Å². The molecule has 2 amide bonds. The summed E-state index contributed by atoms with van der Waals surface area (Å²) in [4.78, 5) is 26.1. The van der Waals surface area contributed by atoms with Crippen LogP contribution in [0.4, 0.5) is 0 Å². The summed E-state index contributed by atoms with van der Waals surface area (Å²) in [5.74, 6) is -0.222. The van der Waals surface area contributed by atoms with Crippen molar-refractivity contribution < 1.29 is 19.2 Å². The maximum atomic E-state index is 13.0. The molecule has 0 unspecified atom stereocenters. The monoisotopic (exact) mass is 410 g/mol. The first-order valence-corrected chi connectivity index (χ1v) is 10.6. The Morgan fingerprint density at radius 3 is 2.20 bits per heavy atom. The van der Waals surface area contributed by atoms with E-state index in [-0.39, 0.29) is 30.3 Å². The van der Waals surface area contributed by atoms with Crippen molar-refractivity contribution in [3.8, 4) is 0 Å². The summed E-state index contributed by atoms with van der Waals surface area (Å²) < 4.78 is 5.47. The number of carbonyl (C=O) groups excluding carboxylic acids is 2. The van der Waals surface area contributed by atoms with Gasteiger partial charge >= 0.3 is 0 Å². The number of ether oxygens (including phenoxy) is 1. The van der Waals surface area contributed by atoms with Crippen molar-refractivity contribution in [2.75, 3.05) is 32.8 Å². The molecule has 2 atom stereocenters. The van der Waals surface area contributed by atoms with E-state index in [2.05, 4.69) is 41.8 Å². The van der Waals surface area contributed by atoms with E-state index in [9.17, 15) is 9.59 Å². The molecule has 3 rings (SSSR count). The number of benzene rings is 2. The van der Waals surface area contributed by atoms with Crippen LogP contribution in [-0.2, 0) is 14.3 Å². The van der Waals surface area contributed by atoms with Crippen LogP contribution >= 0.6 is 0 Å². The quantitative estimate of drug-likeness (QED) is 0.615. The molecule has 2 aromatic carbocycles. The van der Waals surface area contributed by atoms with Crippen LogP contribution in [0.2, 0.25) is 0 Å². The molecule has 6 nitrogen and oxygen atoms in total. The number of aryl methyl sites for hydroxylation is 1. The van der Waals surface area contributed by atoms with Crippen LogP contribution in [-0.4, -0.2) is 44.7 Å². The van der Waals surface area contributed by atoms with Gasteiger partial charge in [-0.3, -0.25) is 9.59 Å². The highest BCUT2D eigenvalue weighted by molar-refractivity contribution is 5.79. The number of rotatable bonds is 8. The Hall–Kier alpha value is -2.70. The molecule has 0 spiro atoms. The van der Waals surface area contributed by atoms with Crippen LogP contribution in [0.25, 0.3) is 0 Å². The standard InChI is InChI=1S/C24H31N3O3/c1-18-8-10-21(11-9-18)23(17-27-12-14-30-15-13-27)26-24(29)16-22(25-19(2)28)20-6-4-3-5-7-20/h3-11,22-23H,12-17H2,1-2H3,(H,25,28)(H,26,29)/p+1/t22-,23-/m0/s1. The molecule has 1 aliphatic heterocycles. The van der Waals surface area contributed by atoms with Crippen molar-refractivity contribution in [3.63, 3.8) is 0 Å². The average Bonchev–Trinajstić information content (AvgIpc) is 2.74. The van der Waals surface area contributed by atoms with Crippen molar-refractivity contribution in [1.82, 2.24) is 10.6 Å². The molecule has 0 bridgehead atoms. The van der Waals surface area contributed by atoms with Gasteiger partial charge in [-0.25, -0.2) is 0 Å². The molecule has 30 heavy (non-hydrogen) atoms. The van der Waals surface area contributed by atoms with Gasteiger partial charge in [0.05, 0.1) is 25.7 Å². The Kier molecular flexibility index (Phi) is 7.99. The van der Waals surface area contributed by atoms with Gasteiger partial charge in [0.15, 0.2) is 0 Å². The van der Waals surface area contributed by atoms with Crippen LogP contribution < -0.4 is 15.5 Å². The van der Waals surface area contributed by atoms with Gasteiger partial charge in [0.1, 0.15) is 25.7 Å². The highest BCUT2D eigenvalue weighted by Crippen LogP contribution is 2.18. The van der Waals surface area contributed by atoms with Crippen LogP contribution in [0.15, 0.2) is 54.6 Å². The summed E-state index contributed by atoms with van der Waals surface area (Å²) in [6, 6.07) is 17.5. The van der Waals surface area contributed by atoms with E-state index in [4.69, 9.17) is 4.74 Å². The lowest BCUT2D eigenvalue weighted by Crippen LogP contribution is -3.14. The third kappa shape index (κ3) is 6.68. The minimum Gasteiger partial charge on any atom is -0.370 e. The smallest absolute Gasteiger partial charge is 0.223 e. The lowest BCUT2D eigenvalue weighted by atomic mass is 10.0. The Morgan fingerprint density at radius 1 is 0.933 bits per heavy atom. The van der Waals surface area contributed by atoms with Gasteiger partial charge in [-0.15, -0.1) is 0 Å². The first kappa shape index (κ1) is 22.0. The van der Waals surface area contributed by atoms with E-state index in [1.165, 1.54) is 17.4 Å². The molecule has 6 heteroatoms. The van der Waals surface area contributed by atoms with Gasteiger partial charge in [0, 0.05) is 6.92 Å². The fourth-order valence-corrected chi connectivity index (χ4v) is 3.83. The van der Waals surface area contributed by atoms with Crippen molar-refractivity contribution in [2.45, 2.75) is 32.4 Å². The van der Waals surface area contributed by atoms with Gasteiger partial charge in [-0.05, 0) is 18.1 Å². The van der Waals surface area contributed by atoms with Gasteiger partial charge in [0.25, 0.3) is 0 Å². The molecule has 0 saturated carbocycles. The summed E-state index contributed by atoms with van der Waals surface area (Å²) in [5, 5.41) is 6.13. The third-order valence-electron chi connectivity index (χ3n) is 5.48. The normalized spacial score (nSPS) is 16.5. The lowest BCUT2D eigenvalue weighted by Gasteiger charge is -2.29. The fourth-order valence-electron chi connectivity index (χ4n) is 3.83. The van der Waals surface area contributed by atoms with Gasteiger partial charge in [-0.2, -0.15) is 0 Å². The molecule has 0 radical (unpaired) electrons. The zero-order valence-corrected chi connectivity index (χ0v) is 17.8. The van der Waals surface area contributed by atoms with E-state index >= 15 is 0 Å². The van der Waals surface area contributed by atoms with Crippen molar-refractivity contribution >= 4 is 11.8 Å². The number of nitrogens with one attached hydrogen (secondary N) is 3. The molecular formula is C24H32N3O3+. The topological polar surface area (TPSA) is 71.9 Å². The molecule has 1 fully saturated rings. The Morgan fingerprint density at radius 2 is 1.57 bits per heavy atom. The highest BCUT2D eigenvalue weighted by atomic mass is 16.5. The minimum atomic E-state index is -0.349. The second-order valence-corrected chi connectivity index (χ2v) is 7.97. The van der Waals surface area contributed by atoms with Crippen molar-refractivity contribution in [1.29, 1.82) is 0 Å². The number of hydrogen-bond acceptors (Lipinski definition) is 3. The predicted octanol–water partition coefficient (Wildman–Crippen LogP) is 1.33. The zero-order valence-electron chi connectivity index (χ0n) is 17.8. The van der Waals surface area contributed by atoms with E-state index in [0.717, 1.165) is 44.0 Å². The maximum absolute atomic E-state index is 13.0. The molecule has 1 aliphatic rings. The van der Waals surface area contributed by atoms with Gasteiger partial charge in [-0.1, -0.05) is 60.2 Å². The largest absolute Gasteiger partial charge is 0.370 e. The Balaban J connectivity index is 1.72. The molecule has 160 valence electrons. The summed E-state index contributed by atoms with van der Waals surface area (Å²) in [6.07, 6.45) is 0.199. The zero-order chi connectivity index (χ0) is 21.3. The van der Waals surface area contributed by atoms with E-state index in [1.807, 2.05) is 30.3 Å². The number of amides is 2. The number of morpholine rings is 1. The van der Waals surface area contributed by atoms with Crippen molar-refractivity contribution in [3.05, 3.63) is 71.3 Å². The number of hydrogen-bond donors (Lipinski definition) is 3. The Bertz CT molecular complexity index is 817. The van der Waals surface area contributed by atoms with Crippen LogP contribution in [0.5, 0.6) is 0 Å². The number of quaternary nitrogens is 1.